The van der Waals surface area contributed by atoms with Crippen LogP contribution >= 0.6 is 11.8 Å². The van der Waals surface area contributed by atoms with Gasteiger partial charge in [0.2, 0.25) is 0 Å². The zero-order chi connectivity index (χ0) is 20.9. The topological polar surface area (TPSA) is 62.2 Å². The van der Waals surface area contributed by atoms with Crippen molar-refractivity contribution >= 4 is 23.4 Å². The summed E-state index contributed by atoms with van der Waals surface area (Å²) < 4.78 is 14.0. The molecule has 0 spiro atoms. The third-order valence-electron chi connectivity index (χ3n) is 5.16. The fraction of sp³-hybridized carbons (Fsp3) is 0.167. The molecule has 0 bridgehead atoms. The molecule has 152 valence electrons. The highest BCUT2D eigenvalue weighted by Gasteiger charge is 2.19. The predicted molar refractivity (Wildman–Crippen MR) is 117 cm³/mol. The van der Waals surface area contributed by atoms with Crippen LogP contribution in [0, 0.1) is 5.82 Å². The Morgan fingerprint density at radius 1 is 1.23 bits per heavy atom. The van der Waals surface area contributed by atoms with E-state index in [1.165, 1.54) is 47.4 Å². The Labute approximate surface area is 178 Å². The number of carboxylic acid groups (broad SMARTS) is 1. The van der Waals surface area contributed by atoms with Crippen LogP contribution in [-0.4, -0.2) is 16.1 Å². The van der Waals surface area contributed by atoms with E-state index in [0.29, 0.717) is 10.6 Å². The van der Waals surface area contributed by atoms with Crippen molar-refractivity contribution in [1.82, 2.24) is 4.98 Å². The number of hydrogen-bond acceptors (Lipinski definition) is 4. The molecule has 1 unspecified atom stereocenters. The quantitative estimate of drug-likeness (QED) is 0.503. The Morgan fingerprint density at radius 3 is 2.93 bits per heavy atom. The van der Waals surface area contributed by atoms with Gasteiger partial charge in [0.15, 0.2) is 0 Å². The first-order valence-corrected chi connectivity index (χ1v) is 10.6. The number of aryl methyl sites for hydroxylation is 1. The molecule has 3 aromatic rings. The second-order valence-corrected chi connectivity index (χ2v) is 8.24. The van der Waals surface area contributed by atoms with Crippen LogP contribution in [0.3, 0.4) is 0 Å². The molecule has 0 saturated carbocycles. The van der Waals surface area contributed by atoms with Crippen LogP contribution in [0.4, 0.5) is 10.1 Å². The Kier molecular flexibility index (Phi) is 6.14. The normalized spacial score (nSPS) is 15.7. The fourth-order valence-electron chi connectivity index (χ4n) is 3.70. The molecule has 1 aliphatic rings. The summed E-state index contributed by atoms with van der Waals surface area (Å²) in [6.07, 6.45) is 9.95. The lowest BCUT2D eigenvalue weighted by molar-refractivity contribution is 0.0698. The Hall–Kier alpha value is -3.12. The monoisotopic (exact) mass is 420 g/mol. The molecule has 1 heterocycles. The van der Waals surface area contributed by atoms with Gasteiger partial charge in [-0.1, -0.05) is 36.0 Å². The molecule has 0 aliphatic heterocycles. The molecule has 2 N–H and O–H groups in total. The van der Waals surface area contributed by atoms with Gasteiger partial charge in [0.1, 0.15) is 5.82 Å². The molecule has 0 radical (unpaired) electrons. The Morgan fingerprint density at radius 2 is 2.10 bits per heavy atom. The molecule has 4 rings (SSSR count). The molecule has 0 amide bonds. The highest BCUT2D eigenvalue weighted by atomic mass is 32.2. The number of fused-ring (bicyclic) bond motifs is 1. The minimum Gasteiger partial charge on any atom is -0.478 e. The number of carboxylic acids is 1. The van der Waals surface area contributed by atoms with Crippen molar-refractivity contribution in [3.8, 4) is 0 Å². The number of allylic oxidation sites excluding steroid dienone is 1. The number of anilines is 1. The molecule has 2 aromatic carbocycles. The van der Waals surface area contributed by atoms with Crippen molar-refractivity contribution in [3.05, 3.63) is 95.7 Å². The van der Waals surface area contributed by atoms with Crippen LogP contribution < -0.4 is 5.32 Å². The lowest BCUT2D eigenvalue weighted by Gasteiger charge is -2.23. The van der Waals surface area contributed by atoms with Crippen LogP contribution in [0.5, 0.6) is 0 Å². The van der Waals surface area contributed by atoms with Crippen molar-refractivity contribution in [3.63, 3.8) is 0 Å². The lowest BCUT2D eigenvalue weighted by Crippen LogP contribution is -2.09. The zero-order valence-corrected chi connectivity index (χ0v) is 17.0. The van der Waals surface area contributed by atoms with E-state index in [1.807, 2.05) is 12.1 Å². The number of aromatic carboxylic acids is 1. The minimum absolute atomic E-state index is 0.188. The third kappa shape index (κ3) is 4.54. The third-order valence-corrected chi connectivity index (χ3v) is 6.20. The number of nitrogens with one attached hydrogen (secondary N) is 1. The summed E-state index contributed by atoms with van der Waals surface area (Å²) >= 11 is 1.44. The molecule has 1 aliphatic carbocycles. The first kappa shape index (κ1) is 20.2. The summed E-state index contributed by atoms with van der Waals surface area (Å²) in [7, 11) is 0. The maximum Gasteiger partial charge on any atom is 0.337 e. The molecular weight excluding hydrogens is 399 g/mol. The van der Waals surface area contributed by atoms with Gasteiger partial charge in [-0.2, -0.15) is 0 Å². The summed E-state index contributed by atoms with van der Waals surface area (Å²) in [4.78, 5) is 17.0. The second kappa shape index (κ2) is 9.13. The van der Waals surface area contributed by atoms with Crippen LogP contribution in [0.2, 0.25) is 0 Å². The van der Waals surface area contributed by atoms with Gasteiger partial charge in [-0.3, -0.25) is 4.98 Å². The van der Waals surface area contributed by atoms with Gasteiger partial charge < -0.3 is 10.4 Å². The predicted octanol–water partition coefficient (Wildman–Crippen LogP) is 6.12. The number of nitrogens with zero attached hydrogens (tertiary/aromatic N) is 1. The number of aromatic nitrogens is 1. The van der Waals surface area contributed by atoms with E-state index in [1.54, 1.807) is 18.3 Å². The second-order valence-electron chi connectivity index (χ2n) is 7.12. The smallest absolute Gasteiger partial charge is 0.337 e. The van der Waals surface area contributed by atoms with Crippen LogP contribution in [0.1, 0.15) is 40.2 Å². The van der Waals surface area contributed by atoms with Crippen molar-refractivity contribution in [2.24, 2.45) is 0 Å². The fourth-order valence-corrected chi connectivity index (χ4v) is 4.60. The Balaban J connectivity index is 1.50. The van der Waals surface area contributed by atoms with Crippen molar-refractivity contribution in [1.29, 1.82) is 0 Å². The van der Waals surface area contributed by atoms with Crippen LogP contribution in [0.25, 0.3) is 0 Å². The zero-order valence-electron chi connectivity index (χ0n) is 16.2. The van der Waals surface area contributed by atoms with Gasteiger partial charge in [-0.25, -0.2) is 9.18 Å². The molecule has 0 fully saturated rings. The van der Waals surface area contributed by atoms with E-state index in [0.717, 1.165) is 24.2 Å². The lowest BCUT2D eigenvalue weighted by atomic mass is 9.83. The molecule has 6 heteroatoms. The van der Waals surface area contributed by atoms with Gasteiger partial charge in [0, 0.05) is 21.9 Å². The average Bonchev–Trinajstić information content (AvgIpc) is 2.75. The highest BCUT2D eigenvalue weighted by molar-refractivity contribution is 7.99. The minimum atomic E-state index is -0.990. The number of benzene rings is 2. The van der Waals surface area contributed by atoms with Crippen LogP contribution in [-0.2, 0) is 6.42 Å². The van der Waals surface area contributed by atoms with Crippen LogP contribution in [0.15, 0.2) is 83.0 Å². The van der Waals surface area contributed by atoms with Crippen molar-refractivity contribution < 1.29 is 14.3 Å². The standard InChI is InChI=1S/C24H21FN2O2S/c25-21-6-1-2-7-23(21)30-18-8-9-19-16(4-3-5-17(19)14-18)10-13-27-22-15-26-12-11-20(22)24(28)29/h1-2,6-16,27H,3-5H2,(H,28,29)/b13-10+. The summed E-state index contributed by atoms with van der Waals surface area (Å²) in [6.45, 7) is 0. The van der Waals surface area contributed by atoms with Crippen molar-refractivity contribution in [2.45, 2.75) is 35.0 Å². The highest BCUT2D eigenvalue weighted by Crippen LogP contribution is 2.37. The van der Waals surface area contributed by atoms with Gasteiger partial charge in [0.25, 0.3) is 0 Å². The van der Waals surface area contributed by atoms with E-state index in [9.17, 15) is 14.3 Å². The SMILES string of the molecule is O=C(O)c1ccncc1N/C=C/C1CCCc2cc(Sc3ccccc3F)ccc21. The van der Waals surface area contributed by atoms with Crippen molar-refractivity contribution in [2.75, 3.05) is 5.32 Å². The molecular formula is C24H21FN2O2S. The van der Waals surface area contributed by atoms with Gasteiger partial charge in [0.05, 0.1) is 17.4 Å². The average molecular weight is 421 g/mol. The van der Waals surface area contributed by atoms with E-state index in [2.05, 4.69) is 28.5 Å². The molecule has 4 nitrogen and oxygen atoms in total. The van der Waals surface area contributed by atoms with E-state index in [4.69, 9.17) is 0 Å². The number of carbonyl (C=O) groups is 1. The van der Waals surface area contributed by atoms with Gasteiger partial charge >= 0.3 is 5.97 Å². The van der Waals surface area contributed by atoms with Gasteiger partial charge in [-0.15, -0.1) is 0 Å². The summed E-state index contributed by atoms with van der Waals surface area (Å²) in [5.41, 5.74) is 3.20. The maximum absolute atomic E-state index is 14.0. The molecule has 30 heavy (non-hydrogen) atoms. The number of hydrogen-bond donors (Lipinski definition) is 2. The van der Waals surface area contributed by atoms with E-state index in [-0.39, 0.29) is 17.3 Å². The summed E-state index contributed by atoms with van der Waals surface area (Å²) in [5, 5.41) is 12.3. The largest absolute Gasteiger partial charge is 0.478 e. The number of halogens is 1. The molecule has 0 saturated heterocycles. The maximum atomic E-state index is 14.0. The first-order chi connectivity index (χ1) is 14.6. The number of rotatable bonds is 6. The summed E-state index contributed by atoms with van der Waals surface area (Å²) in [5.74, 6) is -0.946. The van der Waals surface area contributed by atoms with E-state index >= 15 is 0 Å². The first-order valence-electron chi connectivity index (χ1n) is 9.77. The molecule has 1 atom stereocenters. The Bertz CT molecular complexity index is 1100. The number of pyridine rings is 1. The molecule has 1 aromatic heterocycles. The summed E-state index contributed by atoms with van der Waals surface area (Å²) in [6, 6.07) is 14.6. The van der Waals surface area contributed by atoms with E-state index < -0.39 is 5.97 Å². The van der Waals surface area contributed by atoms with Gasteiger partial charge in [-0.05, 0) is 66.9 Å².